The van der Waals surface area contributed by atoms with E-state index in [9.17, 15) is 0 Å². The zero-order valence-corrected chi connectivity index (χ0v) is 8.95. The van der Waals surface area contributed by atoms with E-state index in [1.807, 2.05) is 0 Å². The Balaban J connectivity index is 2.46. The minimum Gasteiger partial charge on any atom is -0.396 e. The maximum atomic E-state index is 8.99. The van der Waals surface area contributed by atoms with E-state index in [1.54, 1.807) is 0 Å². The first kappa shape index (κ1) is 11.5. The number of nitriles is 1. The lowest BCUT2D eigenvalue weighted by Crippen LogP contribution is -2.37. The number of likely N-dealkylation sites (tertiary alicyclic amines) is 1. The first-order valence-corrected chi connectivity index (χ1v) is 5.59. The van der Waals surface area contributed by atoms with E-state index >= 15 is 0 Å². The van der Waals surface area contributed by atoms with Crippen molar-refractivity contribution in [1.82, 2.24) is 4.90 Å². The summed E-state index contributed by atoms with van der Waals surface area (Å²) in [7, 11) is 0. The molecular weight excluding hydrogens is 176 g/mol. The Labute approximate surface area is 86.3 Å². The number of aliphatic hydroxyl groups excluding tert-OH is 1. The van der Waals surface area contributed by atoms with Crippen LogP contribution in [0.15, 0.2) is 0 Å². The van der Waals surface area contributed by atoms with Crippen molar-refractivity contribution in [1.29, 1.82) is 5.26 Å². The first-order valence-electron chi connectivity index (χ1n) is 5.59. The smallest absolute Gasteiger partial charge is 0.0977 e. The molecule has 1 aliphatic heterocycles. The Hall–Kier alpha value is -0.590. The molecule has 0 saturated carbocycles. The number of rotatable bonds is 5. The number of aliphatic hydroxyl groups is 1. The monoisotopic (exact) mass is 196 g/mol. The van der Waals surface area contributed by atoms with Gasteiger partial charge in [0.2, 0.25) is 0 Å². The van der Waals surface area contributed by atoms with E-state index in [2.05, 4.69) is 17.9 Å². The summed E-state index contributed by atoms with van der Waals surface area (Å²) in [6.07, 6.45) is 5.20. The van der Waals surface area contributed by atoms with Crippen LogP contribution in [0.1, 0.15) is 39.0 Å². The van der Waals surface area contributed by atoms with Crippen LogP contribution in [-0.2, 0) is 0 Å². The Morgan fingerprint density at radius 3 is 3.00 bits per heavy atom. The Morgan fingerprint density at radius 2 is 2.43 bits per heavy atom. The fourth-order valence-corrected chi connectivity index (χ4v) is 2.31. The molecule has 1 fully saturated rings. The number of hydrogen-bond donors (Lipinski definition) is 1. The molecular formula is C11H20N2O. The SMILES string of the molecule is CCC(C#N)N1CCCC1CCCO. The number of hydrogen-bond acceptors (Lipinski definition) is 3. The van der Waals surface area contributed by atoms with Crippen LogP contribution < -0.4 is 0 Å². The van der Waals surface area contributed by atoms with Gasteiger partial charge in [-0.15, -0.1) is 0 Å². The molecule has 2 atom stereocenters. The van der Waals surface area contributed by atoms with Gasteiger partial charge in [0, 0.05) is 12.6 Å². The average Bonchev–Trinajstić information content (AvgIpc) is 2.65. The quantitative estimate of drug-likeness (QED) is 0.725. The van der Waals surface area contributed by atoms with E-state index in [4.69, 9.17) is 10.4 Å². The lowest BCUT2D eigenvalue weighted by molar-refractivity contribution is 0.186. The third-order valence-electron chi connectivity index (χ3n) is 3.05. The van der Waals surface area contributed by atoms with Crippen molar-refractivity contribution in [3.63, 3.8) is 0 Å². The summed E-state index contributed by atoms with van der Waals surface area (Å²) in [5, 5.41) is 17.8. The maximum Gasteiger partial charge on any atom is 0.0977 e. The van der Waals surface area contributed by atoms with Crippen molar-refractivity contribution >= 4 is 0 Å². The molecule has 1 heterocycles. The van der Waals surface area contributed by atoms with E-state index in [-0.39, 0.29) is 12.6 Å². The van der Waals surface area contributed by atoms with Gasteiger partial charge in [-0.2, -0.15) is 5.26 Å². The molecule has 0 aliphatic carbocycles. The van der Waals surface area contributed by atoms with Gasteiger partial charge in [-0.3, -0.25) is 4.90 Å². The molecule has 3 nitrogen and oxygen atoms in total. The molecule has 1 N–H and O–H groups in total. The predicted molar refractivity (Wildman–Crippen MR) is 55.7 cm³/mol. The summed E-state index contributed by atoms with van der Waals surface area (Å²) in [5.74, 6) is 0. The van der Waals surface area contributed by atoms with E-state index in [0.717, 1.165) is 25.8 Å². The summed E-state index contributed by atoms with van der Waals surface area (Å²) < 4.78 is 0. The Morgan fingerprint density at radius 1 is 1.64 bits per heavy atom. The van der Waals surface area contributed by atoms with Gasteiger partial charge in [-0.05, 0) is 38.6 Å². The first-order chi connectivity index (χ1) is 6.83. The van der Waals surface area contributed by atoms with Crippen LogP contribution in [0, 0.1) is 11.3 Å². The minimum atomic E-state index is 0.0844. The zero-order valence-electron chi connectivity index (χ0n) is 8.95. The molecule has 3 heteroatoms. The van der Waals surface area contributed by atoms with Gasteiger partial charge in [0.25, 0.3) is 0 Å². The normalized spacial score (nSPS) is 24.8. The van der Waals surface area contributed by atoms with Crippen molar-refractivity contribution in [3.8, 4) is 6.07 Å². The fourth-order valence-electron chi connectivity index (χ4n) is 2.31. The topological polar surface area (TPSA) is 47.3 Å². The van der Waals surface area contributed by atoms with Gasteiger partial charge in [-0.1, -0.05) is 6.92 Å². The molecule has 0 aromatic heterocycles. The highest BCUT2D eigenvalue weighted by molar-refractivity contribution is 4.95. The minimum absolute atomic E-state index is 0.0844. The van der Waals surface area contributed by atoms with Crippen LogP contribution in [0.5, 0.6) is 0 Å². The molecule has 1 rings (SSSR count). The van der Waals surface area contributed by atoms with Gasteiger partial charge >= 0.3 is 0 Å². The molecule has 0 radical (unpaired) electrons. The van der Waals surface area contributed by atoms with Crippen molar-refractivity contribution in [3.05, 3.63) is 0 Å². The van der Waals surface area contributed by atoms with Gasteiger partial charge in [0.1, 0.15) is 0 Å². The molecule has 14 heavy (non-hydrogen) atoms. The molecule has 0 spiro atoms. The molecule has 1 aliphatic rings. The van der Waals surface area contributed by atoms with Gasteiger partial charge in [0.15, 0.2) is 0 Å². The molecule has 0 amide bonds. The van der Waals surface area contributed by atoms with E-state index < -0.39 is 0 Å². The second-order valence-electron chi connectivity index (χ2n) is 3.95. The number of nitrogens with zero attached hydrogens (tertiary/aromatic N) is 2. The van der Waals surface area contributed by atoms with Crippen LogP contribution in [0.4, 0.5) is 0 Å². The molecule has 1 saturated heterocycles. The standard InChI is InChI=1S/C11H20N2O/c1-2-10(9-12)13-7-3-5-11(13)6-4-8-14/h10-11,14H,2-8H2,1H3. The van der Waals surface area contributed by atoms with Gasteiger partial charge in [-0.25, -0.2) is 0 Å². The summed E-state index contributed by atoms with van der Waals surface area (Å²) in [6, 6.07) is 2.98. The summed E-state index contributed by atoms with van der Waals surface area (Å²) >= 11 is 0. The van der Waals surface area contributed by atoms with Crippen LogP contribution >= 0.6 is 0 Å². The summed E-state index contributed by atoms with van der Waals surface area (Å²) in [4.78, 5) is 2.32. The maximum absolute atomic E-state index is 8.99. The lowest BCUT2D eigenvalue weighted by atomic mass is 10.1. The van der Waals surface area contributed by atoms with Crippen LogP contribution in [0.25, 0.3) is 0 Å². The summed E-state index contributed by atoms with van der Waals surface area (Å²) in [5.41, 5.74) is 0. The largest absolute Gasteiger partial charge is 0.396 e. The molecule has 0 bridgehead atoms. The fraction of sp³-hybridized carbons (Fsp3) is 0.909. The van der Waals surface area contributed by atoms with Crippen LogP contribution in [0.2, 0.25) is 0 Å². The highest BCUT2D eigenvalue weighted by Gasteiger charge is 2.28. The van der Waals surface area contributed by atoms with Crippen LogP contribution in [0.3, 0.4) is 0 Å². The lowest BCUT2D eigenvalue weighted by Gasteiger charge is -2.27. The molecule has 2 unspecified atom stereocenters. The second kappa shape index (κ2) is 6.00. The van der Waals surface area contributed by atoms with Gasteiger partial charge in [0.05, 0.1) is 12.1 Å². The van der Waals surface area contributed by atoms with Crippen molar-refractivity contribution < 1.29 is 5.11 Å². The third-order valence-corrected chi connectivity index (χ3v) is 3.05. The van der Waals surface area contributed by atoms with Gasteiger partial charge < -0.3 is 5.11 Å². The molecule has 80 valence electrons. The zero-order chi connectivity index (χ0) is 10.4. The summed E-state index contributed by atoms with van der Waals surface area (Å²) in [6.45, 7) is 3.39. The van der Waals surface area contributed by atoms with Crippen molar-refractivity contribution in [2.24, 2.45) is 0 Å². The third kappa shape index (κ3) is 2.70. The Bertz CT molecular complexity index is 200. The highest BCUT2D eigenvalue weighted by atomic mass is 16.2. The van der Waals surface area contributed by atoms with Crippen LogP contribution in [-0.4, -0.2) is 35.2 Å². The van der Waals surface area contributed by atoms with Crippen molar-refractivity contribution in [2.45, 2.75) is 51.1 Å². The average molecular weight is 196 g/mol. The second-order valence-corrected chi connectivity index (χ2v) is 3.95. The predicted octanol–water partition coefficient (Wildman–Crippen LogP) is 1.53. The van der Waals surface area contributed by atoms with E-state index in [1.165, 1.54) is 12.8 Å². The highest BCUT2D eigenvalue weighted by Crippen LogP contribution is 2.24. The van der Waals surface area contributed by atoms with E-state index in [0.29, 0.717) is 6.04 Å². The Kier molecular flexibility index (Phi) is 4.92. The van der Waals surface area contributed by atoms with Crippen molar-refractivity contribution in [2.75, 3.05) is 13.2 Å². The molecule has 0 aromatic carbocycles. The molecule has 0 aromatic rings.